The number of benzene rings is 1. The molecule has 0 bridgehead atoms. The predicted molar refractivity (Wildman–Crippen MR) is 116 cm³/mol. The van der Waals surface area contributed by atoms with Crippen LogP contribution < -0.4 is 15.8 Å². The first-order chi connectivity index (χ1) is 14.8. The second kappa shape index (κ2) is 8.19. The first kappa shape index (κ1) is 20.5. The number of carboxylic acid groups (broad SMARTS) is 1. The van der Waals surface area contributed by atoms with Gasteiger partial charge in [-0.25, -0.2) is 14.8 Å². The highest BCUT2D eigenvalue weighted by molar-refractivity contribution is 7.18. The van der Waals surface area contributed by atoms with E-state index in [9.17, 15) is 9.59 Å². The number of nitrogens with one attached hydrogen (secondary N) is 2. The molecule has 1 fully saturated rings. The predicted octanol–water partition coefficient (Wildman–Crippen LogP) is 2.58. The normalized spacial score (nSPS) is 13.1. The lowest BCUT2D eigenvalue weighted by molar-refractivity contribution is -0.139. The van der Waals surface area contributed by atoms with Crippen molar-refractivity contribution in [2.24, 2.45) is 5.92 Å². The van der Waals surface area contributed by atoms with Crippen molar-refractivity contribution < 1.29 is 19.4 Å². The third-order valence-corrected chi connectivity index (χ3v) is 5.76. The van der Waals surface area contributed by atoms with Gasteiger partial charge >= 0.3 is 5.97 Å². The Balaban J connectivity index is 1.58. The summed E-state index contributed by atoms with van der Waals surface area (Å²) in [6.45, 7) is 1.43. The van der Waals surface area contributed by atoms with Crippen LogP contribution in [0.25, 0.3) is 11.3 Å². The SMILES string of the molecule is Cc1cc(OCC(=O)O)ccc1-c1cncn1C(=N)c1sc(NC(=O)C2CC2)nc1N. The summed E-state index contributed by atoms with van der Waals surface area (Å²) in [7, 11) is 0. The van der Waals surface area contributed by atoms with Crippen molar-refractivity contribution in [2.75, 3.05) is 17.7 Å². The summed E-state index contributed by atoms with van der Waals surface area (Å²) in [6.07, 6.45) is 4.90. The molecule has 11 heteroatoms. The Morgan fingerprint density at radius 2 is 2.19 bits per heavy atom. The molecule has 5 N–H and O–H groups in total. The fourth-order valence-electron chi connectivity index (χ4n) is 3.05. The van der Waals surface area contributed by atoms with E-state index in [1.54, 1.807) is 29.0 Å². The van der Waals surface area contributed by atoms with Crippen LogP contribution in [0, 0.1) is 18.3 Å². The maximum atomic E-state index is 12.0. The van der Waals surface area contributed by atoms with Gasteiger partial charge in [-0.15, -0.1) is 0 Å². The maximum Gasteiger partial charge on any atom is 0.341 e. The molecule has 0 radical (unpaired) electrons. The number of amides is 1. The van der Waals surface area contributed by atoms with E-state index in [4.69, 9.17) is 21.0 Å². The van der Waals surface area contributed by atoms with Gasteiger partial charge in [0.25, 0.3) is 0 Å². The molecule has 1 aromatic carbocycles. The molecule has 3 aromatic rings. The van der Waals surface area contributed by atoms with Gasteiger partial charge in [-0.3, -0.25) is 14.8 Å². The first-order valence-corrected chi connectivity index (χ1v) is 10.3. The Kier molecular flexibility index (Phi) is 5.42. The van der Waals surface area contributed by atoms with E-state index in [1.165, 1.54) is 6.33 Å². The highest BCUT2D eigenvalue weighted by Crippen LogP contribution is 2.33. The first-order valence-electron chi connectivity index (χ1n) is 9.48. The number of aryl methyl sites for hydroxylation is 1. The van der Waals surface area contributed by atoms with Crippen LogP contribution in [-0.2, 0) is 9.59 Å². The monoisotopic (exact) mass is 440 g/mol. The van der Waals surface area contributed by atoms with Crippen LogP contribution in [0.1, 0.15) is 23.3 Å². The van der Waals surface area contributed by atoms with Crippen molar-refractivity contribution in [1.29, 1.82) is 5.41 Å². The van der Waals surface area contributed by atoms with Gasteiger partial charge in [0.2, 0.25) is 5.91 Å². The van der Waals surface area contributed by atoms with Crippen molar-refractivity contribution in [3.05, 3.63) is 41.2 Å². The number of nitrogens with two attached hydrogens (primary N) is 1. The van der Waals surface area contributed by atoms with Crippen LogP contribution in [-0.4, -0.2) is 44.0 Å². The zero-order valence-electron chi connectivity index (χ0n) is 16.6. The van der Waals surface area contributed by atoms with E-state index in [1.807, 2.05) is 6.92 Å². The van der Waals surface area contributed by atoms with Gasteiger partial charge in [-0.05, 0) is 43.5 Å². The Hall–Kier alpha value is -3.73. The average Bonchev–Trinajstić information content (AvgIpc) is 3.36. The molecule has 0 unspecified atom stereocenters. The van der Waals surface area contributed by atoms with E-state index in [2.05, 4.69) is 15.3 Å². The van der Waals surface area contributed by atoms with E-state index < -0.39 is 12.6 Å². The van der Waals surface area contributed by atoms with Crippen LogP contribution in [0.5, 0.6) is 5.75 Å². The number of carbonyl (C=O) groups excluding carboxylic acids is 1. The van der Waals surface area contributed by atoms with Crippen LogP contribution in [0.15, 0.2) is 30.7 Å². The summed E-state index contributed by atoms with van der Waals surface area (Å²) in [5, 5.41) is 20.5. The lowest BCUT2D eigenvalue weighted by atomic mass is 10.1. The second-order valence-electron chi connectivity index (χ2n) is 7.15. The van der Waals surface area contributed by atoms with Gasteiger partial charge in [0, 0.05) is 11.5 Å². The van der Waals surface area contributed by atoms with Crippen LogP contribution in [0.4, 0.5) is 10.9 Å². The number of hydrogen-bond acceptors (Lipinski definition) is 8. The number of anilines is 2. The number of aromatic nitrogens is 3. The van der Waals surface area contributed by atoms with Crippen molar-refractivity contribution in [3.8, 4) is 17.0 Å². The summed E-state index contributed by atoms with van der Waals surface area (Å²) < 4.78 is 6.80. The van der Waals surface area contributed by atoms with E-state index in [0.29, 0.717) is 21.5 Å². The summed E-state index contributed by atoms with van der Waals surface area (Å²) in [4.78, 5) is 31.5. The molecule has 0 aliphatic heterocycles. The molecule has 31 heavy (non-hydrogen) atoms. The number of hydrogen-bond donors (Lipinski definition) is 4. The molecular formula is C20H20N6O4S. The number of rotatable bonds is 7. The van der Waals surface area contributed by atoms with Gasteiger partial charge in [0.05, 0.1) is 11.9 Å². The number of nitrogen functional groups attached to an aromatic ring is 1. The molecule has 2 heterocycles. The highest BCUT2D eigenvalue weighted by Gasteiger charge is 2.30. The molecule has 1 saturated carbocycles. The third kappa shape index (κ3) is 4.40. The molecule has 160 valence electrons. The Labute approximate surface area is 181 Å². The van der Waals surface area contributed by atoms with Crippen molar-refractivity contribution in [3.63, 3.8) is 0 Å². The largest absolute Gasteiger partial charge is 0.482 e. The van der Waals surface area contributed by atoms with E-state index >= 15 is 0 Å². The number of aliphatic carboxylic acids is 1. The van der Waals surface area contributed by atoms with Crippen LogP contribution in [0.2, 0.25) is 0 Å². The Bertz CT molecular complexity index is 1180. The number of imidazole rings is 1. The van der Waals surface area contributed by atoms with E-state index in [0.717, 1.165) is 35.3 Å². The van der Waals surface area contributed by atoms with Crippen molar-refractivity contribution >= 4 is 40.0 Å². The average molecular weight is 440 g/mol. The highest BCUT2D eigenvalue weighted by atomic mass is 32.1. The lowest BCUT2D eigenvalue weighted by Gasteiger charge is -2.12. The van der Waals surface area contributed by atoms with Gasteiger partial charge < -0.3 is 20.9 Å². The minimum absolute atomic E-state index is 0.0405. The summed E-state index contributed by atoms with van der Waals surface area (Å²) in [5.74, 6) is -0.403. The molecule has 1 aliphatic carbocycles. The molecule has 0 atom stereocenters. The van der Waals surface area contributed by atoms with Crippen molar-refractivity contribution in [1.82, 2.24) is 14.5 Å². The molecule has 0 spiro atoms. The second-order valence-corrected chi connectivity index (χ2v) is 8.15. The van der Waals surface area contributed by atoms with Crippen molar-refractivity contribution in [2.45, 2.75) is 19.8 Å². The smallest absolute Gasteiger partial charge is 0.341 e. The van der Waals surface area contributed by atoms with Gasteiger partial charge in [0.15, 0.2) is 17.6 Å². The summed E-state index contributed by atoms with van der Waals surface area (Å²) in [6, 6.07) is 5.18. The number of ether oxygens (including phenoxy) is 1. The summed E-state index contributed by atoms with van der Waals surface area (Å²) in [5.41, 5.74) is 8.30. The molecule has 4 rings (SSSR count). The zero-order valence-corrected chi connectivity index (χ0v) is 17.4. The Morgan fingerprint density at radius 1 is 1.42 bits per heavy atom. The number of thiazole rings is 1. The summed E-state index contributed by atoms with van der Waals surface area (Å²) >= 11 is 1.14. The fraction of sp³-hybridized carbons (Fsp3) is 0.250. The molecule has 0 saturated heterocycles. The van der Waals surface area contributed by atoms with E-state index in [-0.39, 0.29) is 23.5 Å². The minimum atomic E-state index is -1.05. The number of carboxylic acids is 1. The minimum Gasteiger partial charge on any atom is -0.482 e. The van der Waals surface area contributed by atoms with Gasteiger partial charge in [0.1, 0.15) is 22.8 Å². The zero-order chi connectivity index (χ0) is 22.1. The molecule has 10 nitrogen and oxygen atoms in total. The topological polar surface area (TPSA) is 156 Å². The van der Waals surface area contributed by atoms with Gasteiger partial charge in [-0.2, -0.15) is 0 Å². The van der Waals surface area contributed by atoms with Gasteiger partial charge in [-0.1, -0.05) is 11.3 Å². The Morgan fingerprint density at radius 3 is 2.87 bits per heavy atom. The van der Waals surface area contributed by atoms with Crippen LogP contribution in [0.3, 0.4) is 0 Å². The molecule has 1 amide bonds. The fourth-order valence-corrected chi connectivity index (χ4v) is 3.88. The molecule has 1 aliphatic rings. The quantitative estimate of drug-likeness (QED) is 0.325. The maximum absolute atomic E-state index is 12.0. The van der Waals surface area contributed by atoms with Crippen LogP contribution >= 0.6 is 11.3 Å². The standard InChI is InChI=1S/C20H20N6O4S/c1-10-6-12(30-8-15(27)28)4-5-13(10)14-7-23-9-26(14)18(22)16-17(21)24-20(31-16)25-19(29)11-2-3-11/h4-7,9,11,22H,2-3,8,21H2,1H3,(H,27,28)(H,24,25,29). The number of nitrogens with zero attached hydrogens (tertiary/aromatic N) is 3. The lowest BCUT2D eigenvalue weighted by Crippen LogP contribution is -2.13. The third-order valence-electron chi connectivity index (χ3n) is 4.76. The molecular weight excluding hydrogens is 420 g/mol. The molecule has 2 aromatic heterocycles. The number of carbonyl (C=O) groups is 2.